The summed E-state index contributed by atoms with van der Waals surface area (Å²) in [7, 11) is 0. The number of nitrogens with one attached hydrogen (secondary N) is 2. The van der Waals surface area contributed by atoms with Gasteiger partial charge >= 0.3 is 0 Å². The molecule has 5 nitrogen and oxygen atoms in total. The van der Waals surface area contributed by atoms with Crippen molar-refractivity contribution < 1.29 is 4.74 Å². The minimum absolute atomic E-state index is 0.543. The summed E-state index contributed by atoms with van der Waals surface area (Å²) in [5.41, 5.74) is 0.908. The van der Waals surface area contributed by atoms with Gasteiger partial charge in [-0.05, 0) is 38.0 Å². The molecule has 5 heteroatoms. The molecule has 1 aromatic heterocycles. The van der Waals surface area contributed by atoms with Gasteiger partial charge in [-0.3, -0.25) is 0 Å². The van der Waals surface area contributed by atoms with E-state index in [2.05, 4.69) is 20.6 Å². The van der Waals surface area contributed by atoms with Crippen molar-refractivity contribution in [3.05, 3.63) is 36.5 Å². The van der Waals surface area contributed by atoms with Crippen LogP contribution in [0.2, 0.25) is 0 Å². The van der Waals surface area contributed by atoms with Crippen molar-refractivity contribution in [2.24, 2.45) is 0 Å². The Hall–Kier alpha value is -2.30. The van der Waals surface area contributed by atoms with E-state index in [-0.39, 0.29) is 0 Å². The molecule has 3 rings (SSSR count). The van der Waals surface area contributed by atoms with Gasteiger partial charge < -0.3 is 15.4 Å². The molecule has 0 spiro atoms. The molecule has 1 aromatic carbocycles. The van der Waals surface area contributed by atoms with Gasteiger partial charge in [0, 0.05) is 12.2 Å². The number of hydrogen-bond acceptors (Lipinski definition) is 5. The van der Waals surface area contributed by atoms with Crippen LogP contribution in [0.25, 0.3) is 0 Å². The molecule has 1 saturated carbocycles. The molecule has 2 N–H and O–H groups in total. The predicted octanol–water partition coefficient (Wildman–Crippen LogP) is 3.19. The number of aromatic nitrogens is 2. The molecule has 1 heterocycles. The Morgan fingerprint density at radius 1 is 1.25 bits per heavy atom. The van der Waals surface area contributed by atoms with Gasteiger partial charge in [0.15, 0.2) is 0 Å². The standard InChI is InChI=1S/C15H18N4O/c1-2-20-13-6-4-3-5-12(13)18-14-9-10-16-15(19-14)17-11-7-8-11/h3-6,9-11H,2,7-8H2,1H3,(H2,16,17,18,19). The fourth-order valence-electron chi connectivity index (χ4n) is 1.90. The van der Waals surface area contributed by atoms with Crippen LogP contribution in [-0.2, 0) is 0 Å². The van der Waals surface area contributed by atoms with Crippen molar-refractivity contribution in [1.29, 1.82) is 0 Å². The third-order valence-electron chi connectivity index (χ3n) is 3.02. The molecule has 1 fully saturated rings. The maximum atomic E-state index is 5.59. The first kappa shape index (κ1) is 12.7. The summed E-state index contributed by atoms with van der Waals surface area (Å²) in [4.78, 5) is 8.69. The average Bonchev–Trinajstić information content (AvgIpc) is 3.26. The largest absolute Gasteiger partial charge is 0.492 e. The molecule has 20 heavy (non-hydrogen) atoms. The lowest BCUT2D eigenvalue weighted by molar-refractivity contribution is 0.342. The summed E-state index contributed by atoms with van der Waals surface area (Å²) in [6.07, 6.45) is 4.16. The van der Waals surface area contributed by atoms with Crippen LogP contribution in [0.15, 0.2) is 36.5 Å². The lowest BCUT2D eigenvalue weighted by atomic mass is 10.3. The maximum Gasteiger partial charge on any atom is 0.224 e. The lowest BCUT2D eigenvalue weighted by Gasteiger charge is -2.12. The highest BCUT2D eigenvalue weighted by molar-refractivity contribution is 5.64. The molecule has 0 radical (unpaired) electrons. The van der Waals surface area contributed by atoms with Gasteiger partial charge in [0.2, 0.25) is 5.95 Å². The molecule has 1 aliphatic carbocycles. The van der Waals surface area contributed by atoms with Gasteiger partial charge in [-0.1, -0.05) is 12.1 Å². The number of rotatable bonds is 6. The molecule has 0 amide bonds. The Bertz CT molecular complexity index is 584. The summed E-state index contributed by atoms with van der Waals surface area (Å²) in [5, 5.41) is 6.56. The van der Waals surface area contributed by atoms with Gasteiger partial charge in [-0.2, -0.15) is 4.98 Å². The van der Waals surface area contributed by atoms with Crippen molar-refractivity contribution in [2.45, 2.75) is 25.8 Å². The molecule has 0 atom stereocenters. The van der Waals surface area contributed by atoms with Crippen molar-refractivity contribution in [1.82, 2.24) is 9.97 Å². The quantitative estimate of drug-likeness (QED) is 0.844. The molecule has 0 aliphatic heterocycles. The fourth-order valence-corrected chi connectivity index (χ4v) is 1.90. The van der Waals surface area contributed by atoms with Crippen LogP contribution < -0.4 is 15.4 Å². The molecule has 0 unspecified atom stereocenters. The highest BCUT2D eigenvalue weighted by atomic mass is 16.5. The first-order valence-corrected chi connectivity index (χ1v) is 6.93. The van der Waals surface area contributed by atoms with E-state index in [0.717, 1.165) is 17.3 Å². The van der Waals surface area contributed by atoms with Gasteiger partial charge in [0.1, 0.15) is 11.6 Å². The highest BCUT2D eigenvalue weighted by Crippen LogP contribution is 2.27. The number of hydrogen-bond donors (Lipinski definition) is 2. The minimum Gasteiger partial charge on any atom is -0.492 e. The average molecular weight is 270 g/mol. The normalized spacial score (nSPS) is 13.8. The third kappa shape index (κ3) is 3.17. The van der Waals surface area contributed by atoms with Crippen LogP contribution in [0.3, 0.4) is 0 Å². The fraction of sp³-hybridized carbons (Fsp3) is 0.333. The number of nitrogens with zero attached hydrogens (tertiary/aromatic N) is 2. The zero-order chi connectivity index (χ0) is 13.8. The van der Waals surface area contributed by atoms with Crippen molar-refractivity contribution in [3.8, 4) is 5.75 Å². The van der Waals surface area contributed by atoms with Crippen molar-refractivity contribution >= 4 is 17.5 Å². The number of para-hydroxylation sites is 2. The molecule has 0 bridgehead atoms. The first-order chi connectivity index (χ1) is 9.85. The van der Waals surface area contributed by atoms with E-state index in [4.69, 9.17) is 4.74 Å². The van der Waals surface area contributed by atoms with Crippen LogP contribution in [-0.4, -0.2) is 22.6 Å². The summed E-state index contributed by atoms with van der Waals surface area (Å²) in [5.74, 6) is 2.26. The minimum atomic E-state index is 0.543. The van der Waals surface area contributed by atoms with Crippen LogP contribution >= 0.6 is 0 Å². The van der Waals surface area contributed by atoms with Crippen LogP contribution in [0.5, 0.6) is 5.75 Å². The summed E-state index contributed by atoms with van der Waals surface area (Å²) in [6, 6.07) is 10.2. The van der Waals surface area contributed by atoms with E-state index in [1.807, 2.05) is 37.3 Å². The topological polar surface area (TPSA) is 59.1 Å². The van der Waals surface area contributed by atoms with Gasteiger partial charge in [0.25, 0.3) is 0 Å². The number of anilines is 3. The second-order valence-corrected chi connectivity index (χ2v) is 4.74. The Balaban J connectivity index is 1.76. The number of benzene rings is 1. The van der Waals surface area contributed by atoms with E-state index in [0.29, 0.717) is 18.6 Å². The third-order valence-corrected chi connectivity index (χ3v) is 3.02. The van der Waals surface area contributed by atoms with E-state index < -0.39 is 0 Å². The Morgan fingerprint density at radius 3 is 2.90 bits per heavy atom. The van der Waals surface area contributed by atoms with Crippen LogP contribution in [0, 0.1) is 0 Å². The number of ether oxygens (including phenoxy) is 1. The summed E-state index contributed by atoms with van der Waals surface area (Å²) in [6.45, 7) is 2.61. The molecule has 2 aromatic rings. The summed E-state index contributed by atoms with van der Waals surface area (Å²) < 4.78 is 5.59. The lowest BCUT2D eigenvalue weighted by Crippen LogP contribution is -2.06. The maximum absolute atomic E-state index is 5.59. The highest BCUT2D eigenvalue weighted by Gasteiger charge is 2.21. The second kappa shape index (κ2) is 5.77. The first-order valence-electron chi connectivity index (χ1n) is 6.93. The van der Waals surface area contributed by atoms with E-state index in [1.54, 1.807) is 6.20 Å². The Kier molecular flexibility index (Phi) is 3.67. The smallest absolute Gasteiger partial charge is 0.224 e. The SMILES string of the molecule is CCOc1ccccc1Nc1ccnc(NC2CC2)n1. The summed E-state index contributed by atoms with van der Waals surface area (Å²) >= 11 is 0. The van der Waals surface area contributed by atoms with E-state index >= 15 is 0 Å². The zero-order valence-corrected chi connectivity index (χ0v) is 11.5. The molecule has 104 valence electrons. The van der Waals surface area contributed by atoms with Gasteiger partial charge in [-0.25, -0.2) is 4.98 Å². The van der Waals surface area contributed by atoms with Crippen LogP contribution in [0.1, 0.15) is 19.8 Å². The Labute approximate surface area is 118 Å². The Morgan fingerprint density at radius 2 is 2.10 bits per heavy atom. The van der Waals surface area contributed by atoms with Crippen molar-refractivity contribution in [2.75, 3.05) is 17.2 Å². The van der Waals surface area contributed by atoms with Gasteiger partial charge in [0.05, 0.1) is 12.3 Å². The van der Waals surface area contributed by atoms with Gasteiger partial charge in [-0.15, -0.1) is 0 Å². The van der Waals surface area contributed by atoms with Crippen molar-refractivity contribution in [3.63, 3.8) is 0 Å². The molecular weight excluding hydrogens is 252 g/mol. The molecule has 0 saturated heterocycles. The van der Waals surface area contributed by atoms with E-state index in [1.165, 1.54) is 12.8 Å². The second-order valence-electron chi connectivity index (χ2n) is 4.74. The van der Waals surface area contributed by atoms with Crippen LogP contribution in [0.4, 0.5) is 17.5 Å². The monoisotopic (exact) mass is 270 g/mol. The van der Waals surface area contributed by atoms with E-state index in [9.17, 15) is 0 Å². The molecule has 1 aliphatic rings. The zero-order valence-electron chi connectivity index (χ0n) is 11.5. The predicted molar refractivity (Wildman–Crippen MR) is 79.6 cm³/mol. The molecular formula is C15H18N4O.